The summed E-state index contributed by atoms with van der Waals surface area (Å²) in [5.41, 5.74) is 0.588. The van der Waals surface area contributed by atoms with Crippen molar-refractivity contribution < 1.29 is 23.8 Å². The lowest BCUT2D eigenvalue weighted by Gasteiger charge is -2.39. The van der Waals surface area contributed by atoms with Crippen molar-refractivity contribution in [2.45, 2.75) is 70.4 Å². The molecular weight excluding hydrogens is 375 g/mol. The van der Waals surface area contributed by atoms with Crippen LogP contribution in [0.15, 0.2) is 18.2 Å². The van der Waals surface area contributed by atoms with Gasteiger partial charge >= 0.3 is 0 Å². The summed E-state index contributed by atoms with van der Waals surface area (Å²) in [6.07, 6.45) is 3.37. The lowest BCUT2D eigenvalue weighted by Crippen LogP contribution is -2.51. The van der Waals surface area contributed by atoms with Gasteiger partial charge in [-0.05, 0) is 56.7 Å². The predicted molar refractivity (Wildman–Crippen MR) is 106 cm³/mol. The van der Waals surface area contributed by atoms with Crippen LogP contribution in [0.5, 0.6) is 5.75 Å². The largest absolute Gasteiger partial charge is 0.473 e. The van der Waals surface area contributed by atoms with E-state index in [0.29, 0.717) is 36.7 Å². The first-order valence-electron chi connectivity index (χ1n) is 10.6. The van der Waals surface area contributed by atoms with Crippen LogP contribution in [-0.2, 0) is 22.8 Å². The number of carbonyl (C=O) groups excluding carboxylic acids is 1. The molecule has 0 radical (unpaired) electrons. The molecule has 0 bridgehead atoms. The van der Waals surface area contributed by atoms with Gasteiger partial charge in [0, 0.05) is 30.9 Å². The molecule has 3 atom stereocenters. The zero-order valence-corrected chi connectivity index (χ0v) is 17.0. The van der Waals surface area contributed by atoms with E-state index in [2.05, 4.69) is 5.32 Å². The Kier molecular flexibility index (Phi) is 6.08. The zero-order chi connectivity index (χ0) is 20.4. The van der Waals surface area contributed by atoms with E-state index in [1.54, 1.807) is 30.0 Å². The van der Waals surface area contributed by atoms with Gasteiger partial charge in [0.05, 0.1) is 18.1 Å². The minimum Gasteiger partial charge on any atom is -0.473 e. The van der Waals surface area contributed by atoms with Gasteiger partial charge in [0.1, 0.15) is 12.4 Å². The Morgan fingerprint density at radius 3 is 2.86 bits per heavy atom. The first kappa shape index (κ1) is 20.6. The molecule has 7 heteroatoms. The van der Waals surface area contributed by atoms with Crippen molar-refractivity contribution in [1.82, 2.24) is 10.2 Å². The van der Waals surface area contributed by atoms with Crippen LogP contribution in [0.3, 0.4) is 0 Å². The Labute approximate surface area is 171 Å². The van der Waals surface area contributed by atoms with Crippen molar-refractivity contribution in [2.24, 2.45) is 5.41 Å². The van der Waals surface area contributed by atoms with Gasteiger partial charge in [0.2, 0.25) is 5.91 Å². The van der Waals surface area contributed by atoms with Crippen LogP contribution in [0.2, 0.25) is 0 Å². The number of halogens is 1. The first-order chi connectivity index (χ1) is 14.0. The Morgan fingerprint density at radius 2 is 2.14 bits per heavy atom. The fraction of sp³-hybridized carbons (Fsp3) is 0.682. The number of ether oxygens (including phenoxy) is 2. The molecule has 0 spiro atoms. The van der Waals surface area contributed by atoms with Gasteiger partial charge in [-0.15, -0.1) is 0 Å². The number of fused-ring (bicyclic) bond motifs is 1. The van der Waals surface area contributed by atoms with Crippen LogP contribution in [0.1, 0.15) is 50.2 Å². The summed E-state index contributed by atoms with van der Waals surface area (Å²) in [4.78, 5) is 15.2. The number of alkyl halides is 1. The van der Waals surface area contributed by atoms with E-state index >= 15 is 0 Å². The van der Waals surface area contributed by atoms with Crippen LogP contribution >= 0.6 is 0 Å². The third kappa shape index (κ3) is 4.13. The van der Waals surface area contributed by atoms with Crippen molar-refractivity contribution in [2.75, 3.05) is 19.9 Å². The van der Waals surface area contributed by atoms with Gasteiger partial charge in [-0.2, -0.15) is 0 Å². The minimum absolute atomic E-state index is 0.0694. The lowest BCUT2D eigenvalue weighted by atomic mass is 9.79. The highest BCUT2D eigenvalue weighted by molar-refractivity contribution is 5.84. The van der Waals surface area contributed by atoms with E-state index in [-0.39, 0.29) is 18.7 Å². The van der Waals surface area contributed by atoms with Crippen LogP contribution in [-0.4, -0.2) is 54.0 Å². The highest BCUT2D eigenvalue weighted by Gasteiger charge is 2.51. The molecular formula is C22H31FN2O4. The van der Waals surface area contributed by atoms with Crippen molar-refractivity contribution in [3.05, 3.63) is 29.3 Å². The van der Waals surface area contributed by atoms with Crippen LogP contribution in [0.4, 0.5) is 4.39 Å². The van der Waals surface area contributed by atoms with E-state index in [0.717, 1.165) is 38.0 Å². The number of hydrogen-bond acceptors (Lipinski definition) is 5. The van der Waals surface area contributed by atoms with Crippen molar-refractivity contribution in [3.8, 4) is 5.75 Å². The highest BCUT2D eigenvalue weighted by Crippen LogP contribution is 2.44. The standard InChI is InChI=1S/C22H31FN2O4/c1-15(26)22(7-4-19(11-22)24-18-5-8-28-9-6-18)21(27)25-13-17-10-16(12-23)2-3-20(17)29-14-25/h2-3,10,15,18-19,24,26H,4-9,11-14H2,1H3/t15-,19-,22+/m1/s1. The SMILES string of the molecule is C[C@@H](O)[C@]1(C(=O)N2COc3ccc(CF)cc3C2)CC[C@@H](NC2CCOCC2)C1. The minimum atomic E-state index is -0.804. The number of aliphatic hydroxyl groups excluding tert-OH is 1. The molecule has 0 unspecified atom stereocenters. The Balaban J connectivity index is 1.46. The molecule has 1 aromatic rings. The fourth-order valence-electron chi connectivity index (χ4n) is 4.99. The summed E-state index contributed by atoms with van der Waals surface area (Å²) in [5, 5.41) is 14.3. The summed E-state index contributed by atoms with van der Waals surface area (Å²) >= 11 is 0. The maximum absolute atomic E-state index is 13.5. The number of nitrogens with zero attached hydrogens (tertiary/aromatic N) is 1. The Bertz CT molecular complexity index is 738. The maximum atomic E-state index is 13.5. The van der Waals surface area contributed by atoms with Crippen LogP contribution in [0.25, 0.3) is 0 Å². The van der Waals surface area contributed by atoms with Crippen LogP contribution in [0, 0.1) is 5.41 Å². The summed E-state index contributed by atoms with van der Waals surface area (Å²) in [5.74, 6) is 0.628. The average Bonchev–Trinajstić information content (AvgIpc) is 3.18. The van der Waals surface area contributed by atoms with E-state index in [1.165, 1.54) is 0 Å². The molecule has 6 nitrogen and oxygen atoms in total. The van der Waals surface area contributed by atoms with Crippen molar-refractivity contribution >= 4 is 5.91 Å². The quantitative estimate of drug-likeness (QED) is 0.786. The number of benzene rings is 1. The predicted octanol–water partition coefficient (Wildman–Crippen LogP) is 2.52. The summed E-state index contributed by atoms with van der Waals surface area (Å²) in [7, 11) is 0. The van der Waals surface area contributed by atoms with Gasteiger partial charge in [-0.1, -0.05) is 6.07 Å². The van der Waals surface area contributed by atoms with E-state index in [4.69, 9.17) is 9.47 Å². The molecule has 2 heterocycles. The summed E-state index contributed by atoms with van der Waals surface area (Å²) in [6.45, 7) is 3.27. The first-order valence-corrected chi connectivity index (χ1v) is 10.6. The molecule has 2 fully saturated rings. The van der Waals surface area contributed by atoms with Gasteiger partial charge in [0.25, 0.3) is 0 Å². The van der Waals surface area contributed by atoms with Crippen molar-refractivity contribution in [3.63, 3.8) is 0 Å². The summed E-state index contributed by atoms with van der Waals surface area (Å²) in [6, 6.07) is 5.86. The van der Waals surface area contributed by atoms with E-state index < -0.39 is 18.2 Å². The Hall–Kier alpha value is -1.70. The summed E-state index contributed by atoms with van der Waals surface area (Å²) < 4.78 is 24.2. The molecule has 1 saturated carbocycles. The van der Waals surface area contributed by atoms with Crippen LogP contribution < -0.4 is 10.1 Å². The van der Waals surface area contributed by atoms with Gasteiger partial charge < -0.3 is 24.8 Å². The van der Waals surface area contributed by atoms with E-state index in [9.17, 15) is 14.3 Å². The molecule has 2 aliphatic heterocycles. The van der Waals surface area contributed by atoms with Gasteiger partial charge in [-0.25, -0.2) is 4.39 Å². The highest BCUT2D eigenvalue weighted by atomic mass is 19.1. The zero-order valence-electron chi connectivity index (χ0n) is 17.0. The second kappa shape index (κ2) is 8.58. The fourth-order valence-corrected chi connectivity index (χ4v) is 4.99. The lowest BCUT2D eigenvalue weighted by molar-refractivity contribution is -0.153. The number of amides is 1. The topological polar surface area (TPSA) is 71.0 Å². The monoisotopic (exact) mass is 406 g/mol. The van der Waals surface area contributed by atoms with E-state index in [1.807, 2.05) is 0 Å². The second-order valence-electron chi connectivity index (χ2n) is 8.68. The molecule has 3 aliphatic rings. The van der Waals surface area contributed by atoms with Gasteiger partial charge in [0.15, 0.2) is 6.73 Å². The molecule has 0 aromatic heterocycles. The number of rotatable bonds is 5. The number of carbonyl (C=O) groups is 1. The smallest absolute Gasteiger partial charge is 0.234 e. The third-order valence-electron chi connectivity index (χ3n) is 6.77. The average molecular weight is 406 g/mol. The van der Waals surface area contributed by atoms with Gasteiger partial charge in [-0.3, -0.25) is 4.79 Å². The molecule has 1 amide bonds. The number of aliphatic hydroxyl groups is 1. The molecule has 1 saturated heterocycles. The van der Waals surface area contributed by atoms with Crippen molar-refractivity contribution in [1.29, 1.82) is 0 Å². The molecule has 29 heavy (non-hydrogen) atoms. The molecule has 1 aliphatic carbocycles. The maximum Gasteiger partial charge on any atom is 0.234 e. The molecule has 4 rings (SSSR count). The number of nitrogens with one attached hydrogen (secondary N) is 1. The molecule has 1 aromatic carbocycles. The molecule has 160 valence electrons. The number of hydrogen-bond donors (Lipinski definition) is 2. The Morgan fingerprint density at radius 1 is 1.34 bits per heavy atom. The molecule has 2 N–H and O–H groups in total. The second-order valence-corrected chi connectivity index (χ2v) is 8.68. The third-order valence-corrected chi connectivity index (χ3v) is 6.77. The normalized spacial score (nSPS) is 28.7.